The second-order valence-electron chi connectivity index (χ2n) is 2.55. The minimum atomic E-state index is 0. The first-order valence-electron chi connectivity index (χ1n) is 3.33. The summed E-state index contributed by atoms with van der Waals surface area (Å²) in [6, 6.07) is 0.299. The molecule has 0 aromatic heterocycles. The van der Waals surface area contributed by atoms with E-state index < -0.39 is 0 Å². The second kappa shape index (κ2) is 8.99. The molecule has 0 saturated heterocycles. The topological polar surface area (TPSA) is 47.6 Å². The minimum Gasteiger partial charge on any atom is -0.675 e. The van der Waals surface area contributed by atoms with Crippen molar-refractivity contribution in [3.8, 4) is 0 Å². The van der Waals surface area contributed by atoms with Gasteiger partial charge in [0.2, 0.25) is 0 Å². The molecule has 1 aliphatic rings. The van der Waals surface area contributed by atoms with Crippen LogP contribution in [-0.2, 0) is 18.8 Å². The molecule has 0 radical (unpaired) electrons. The summed E-state index contributed by atoms with van der Waals surface area (Å²) in [7, 11) is 4.61. The zero-order chi connectivity index (χ0) is 7.98. The second-order valence-corrected chi connectivity index (χ2v) is 2.55. The average Bonchev–Trinajstić information content (AvgIpc) is 2.00. The number of hydrogen-bond donors (Lipinski definition) is 0. The van der Waals surface area contributed by atoms with E-state index in [9.17, 15) is 0 Å². The Morgan fingerprint density at radius 1 is 0.909 bits per heavy atom. The van der Waals surface area contributed by atoms with E-state index in [0.29, 0.717) is 0 Å². The maximum atomic E-state index is 7.28. The van der Waals surface area contributed by atoms with Crippen molar-refractivity contribution in [3.63, 3.8) is 0 Å². The predicted octanol–water partition coefficient (Wildman–Crippen LogP) is 3.54. The largest absolute Gasteiger partial charge is 0.675 e. The first-order valence-corrected chi connectivity index (χ1v) is 6.15. The van der Waals surface area contributed by atoms with Crippen LogP contribution in [0.2, 0.25) is 0 Å². The molecule has 0 aromatic carbocycles. The summed E-state index contributed by atoms with van der Waals surface area (Å²) < 4.78 is 0. The van der Waals surface area contributed by atoms with Gasteiger partial charge < -0.3 is 18.9 Å². The molecule has 0 amide bonds. The van der Waals surface area contributed by atoms with Crippen LogP contribution in [0.25, 0.3) is 11.5 Å². The Bertz CT molecular complexity index is 64.8. The van der Waals surface area contributed by atoms with Gasteiger partial charge in [0, 0.05) is 0 Å². The van der Waals surface area contributed by atoms with Crippen LogP contribution >= 0.6 is 9.42 Å². The number of rotatable bonds is 0. The van der Waals surface area contributed by atoms with Gasteiger partial charge >= 0.3 is 28.2 Å². The van der Waals surface area contributed by atoms with Crippen LogP contribution in [0.4, 0.5) is 0 Å². The van der Waals surface area contributed by atoms with Gasteiger partial charge in [-0.2, -0.15) is 0 Å². The quantitative estimate of drug-likeness (QED) is 0.595. The fraction of sp³-hybridized carbons (Fsp3) is 0.857. The smallest absolute Gasteiger partial charge is 0.0710 e. The SMILES string of the molecule is [CH3-].[Cl][Pt].[NH-]C1CCC([NH-])CC1. The third kappa shape index (κ3) is 7.27. The van der Waals surface area contributed by atoms with Gasteiger partial charge in [-0.05, 0) is 0 Å². The third-order valence-electron chi connectivity index (χ3n) is 1.73. The normalized spacial score (nSPS) is 29.5. The van der Waals surface area contributed by atoms with Crippen molar-refractivity contribution in [3.05, 3.63) is 18.9 Å². The molecule has 0 atom stereocenters. The van der Waals surface area contributed by atoms with Gasteiger partial charge in [0.05, 0.1) is 0 Å². The van der Waals surface area contributed by atoms with Crippen molar-refractivity contribution < 1.29 is 18.8 Å². The van der Waals surface area contributed by atoms with Crippen LogP contribution in [0, 0.1) is 7.43 Å². The zero-order valence-electron chi connectivity index (χ0n) is 6.68. The van der Waals surface area contributed by atoms with Crippen molar-refractivity contribution in [2.75, 3.05) is 0 Å². The van der Waals surface area contributed by atoms with Crippen molar-refractivity contribution >= 4 is 9.42 Å². The fourth-order valence-corrected chi connectivity index (χ4v) is 1.09. The molecule has 0 bridgehead atoms. The van der Waals surface area contributed by atoms with Gasteiger partial charge in [-0.25, -0.2) is 0 Å². The van der Waals surface area contributed by atoms with E-state index >= 15 is 0 Å². The van der Waals surface area contributed by atoms with Crippen LogP contribution in [0.15, 0.2) is 0 Å². The molecule has 0 aliphatic heterocycles. The van der Waals surface area contributed by atoms with Crippen LogP contribution in [0.1, 0.15) is 25.7 Å². The Morgan fingerprint density at radius 3 is 1.27 bits per heavy atom. The molecule has 4 heteroatoms. The van der Waals surface area contributed by atoms with Gasteiger partial charge in [0.25, 0.3) is 0 Å². The van der Waals surface area contributed by atoms with Crippen LogP contribution in [-0.4, -0.2) is 12.1 Å². The standard InChI is InChI=1S/C6H12N2.CH3.ClH.Pt/c7-5-1-2-6(8)4-3-5;;;/h5-8H,1-4H2;1H3;1H;/q-2;-1;;+1/p-1. The Morgan fingerprint density at radius 2 is 1.09 bits per heavy atom. The fourth-order valence-electron chi connectivity index (χ4n) is 1.09. The Kier molecular flexibility index (Phi) is 11.8. The number of halogens is 1. The molecule has 0 spiro atoms. The van der Waals surface area contributed by atoms with E-state index in [-0.39, 0.29) is 19.5 Å². The van der Waals surface area contributed by atoms with E-state index in [1.165, 1.54) is 0 Å². The van der Waals surface area contributed by atoms with Crippen molar-refractivity contribution in [2.45, 2.75) is 37.8 Å². The average molecular weight is 358 g/mol. The molecule has 0 unspecified atom stereocenters. The molecule has 2 nitrogen and oxygen atoms in total. The van der Waals surface area contributed by atoms with Crippen molar-refractivity contribution in [1.82, 2.24) is 0 Å². The van der Waals surface area contributed by atoms with Crippen molar-refractivity contribution in [1.29, 1.82) is 0 Å². The van der Waals surface area contributed by atoms with Crippen LogP contribution in [0.3, 0.4) is 0 Å². The maximum Gasteiger partial charge on any atom is -0.0710 e. The minimum absolute atomic E-state index is 0. The predicted molar refractivity (Wildman–Crippen MR) is 47.0 cm³/mol. The summed E-state index contributed by atoms with van der Waals surface area (Å²) in [4.78, 5) is 0. The first kappa shape index (κ1) is 14.4. The summed E-state index contributed by atoms with van der Waals surface area (Å²) in [6.45, 7) is 0. The number of hydrogen-bond acceptors (Lipinski definition) is 0. The monoisotopic (exact) mass is 357 g/mol. The number of nitrogens with one attached hydrogen (secondary N) is 2. The van der Waals surface area contributed by atoms with E-state index in [0.717, 1.165) is 25.7 Å². The van der Waals surface area contributed by atoms with Crippen LogP contribution in [0.5, 0.6) is 0 Å². The third-order valence-corrected chi connectivity index (χ3v) is 1.73. The summed E-state index contributed by atoms with van der Waals surface area (Å²) >= 11 is 1.61. The van der Waals surface area contributed by atoms with Gasteiger partial charge in [0.15, 0.2) is 0 Å². The van der Waals surface area contributed by atoms with E-state index in [1.54, 1.807) is 18.8 Å². The molecule has 1 fully saturated rings. The molecule has 0 heterocycles. The molecule has 1 rings (SSSR count). The van der Waals surface area contributed by atoms with Crippen LogP contribution < -0.4 is 0 Å². The van der Waals surface area contributed by atoms with Gasteiger partial charge in [-0.15, -0.1) is 12.1 Å². The molecule has 1 saturated carbocycles. The van der Waals surface area contributed by atoms with Gasteiger partial charge in [-0.3, -0.25) is 0 Å². The van der Waals surface area contributed by atoms with E-state index in [1.807, 2.05) is 0 Å². The molecular formula is C7H15ClN2Pt-3. The first-order chi connectivity index (χ1) is 4.79. The molecule has 1 aliphatic carbocycles. The Labute approximate surface area is 84.9 Å². The van der Waals surface area contributed by atoms with E-state index in [2.05, 4.69) is 9.42 Å². The Hall–Kier alpha value is 0.898. The summed E-state index contributed by atoms with van der Waals surface area (Å²) in [5.74, 6) is 0. The molecular weight excluding hydrogens is 343 g/mol. The van der Waals surface area contributed by atoms with Gasteiger partial charge in [0.1, 0.15) is 0 Å². The molecule has 11 heavy (non-hydrogen) atoms. The van der Waals surface area contributed by atoms with Crippen molar-refractivity contribution in [2.24, 2.45) is 0 Å². The maximum absolute atomic E-state index is 7.28. The summed E-state index contributed by atoms with van der Waals surface area (Å²) in [5, 5.41) is 0. The summed E-state index contributed by atoms with van der Waals surface area (Å²) in [6.07, 6.45) is 3.81. The molecule has 73 valence electrons. The molecule has 0 aromatic rings. The molecule has 2 N–H and O–H groups in total. The van der Waals surface area contributed by atoms with E-state index in [4.69, 9.17) is 11.5 Å². The zero-order valence-corrected chi connectivity index (χ0v) is 9.71. The Balaban J connectivity index is 0. The summed E-state index contributed by atoms with van der Waals surface area (Å²) in [5.41, 5.74) is 14.6. The van der Waals surface area contributed by atoms with Gasteiger partial charge in [-0.1, -0.05) is 25.7 Å².